The zero-order valence-electron chi connectivity index (χ0n) is 9.85. The Morgan fingerprint density at radius 2 is 1.79 bits per heavy atom. The third kappa shape index (κ3) is 4.44. The Balaban J connectivity index is 2.40. The molecule has 0 bridgehead atoms. The molecule has 0 aliphatic carbocycles. The summed E-state index contributed by atoms with van der Waals surface area (Å²) >= 11 is 3.40. The van der Waals surface area contributed by atoms with Gasteiger partial charge in [0.2, 0.25) is 5.12 Å². The molecule has 0 fully saturated rings. The molecule has 1 unspecified atom stereocenters. The highest BCUT2D eigenvalue weighted by molar-refractivity contribution is 8.00. The number of imide groups is 1. The first kappa shape index (κ1) is 15.9. The van der Waals surface area contributed by atoms with Gasteiger partial charge in [-0.1, -0.05) is 0 Å². The molecule has 1 heterocycles. The molecule has 0 aromatic heterocycles. The topological polar surface area (TPSA) is 109 Å². The molecule has 19 heavy (non-hydrogen) atoms. The van der Waals surface area contributed by atoms with Gasteiger partial charge in [0.25, 0.3) is 21.9 Å². The van der Waals surface area contributed by atoms with Gasteiger partial charge in [-0.25, -0.2) is 0 Å². The van der Waals surface area contributed by atoms with Gasteiger partial charge in [-0.3, -0.25) is 23.8 Å². The van der Waals surface area contributed by atoms with E-state index in [2.05, 4.69) is 12.6 Å². The van der Waals surface area contributed by atoms with Crippen molar-refractivity contribution < 1.29 is 27.4 Å². The van der Waals surface area contributed by atoms with Gasteiger partial charge in [0.1, 0.15) is 0 Å². The fourth-order valence-electron chi connectivity index (χ4n) is 1.65. The fourth-order valence-corrected chi connectivity index (χ4v) is 2.90. The summed E-state index contributed by atoms with van der Waals surface area (Å²) < 4.78 is 30.6. The van der Waals surface area contributed by atoms with Crippen LogP contribution < -0.4 is 0 Å². The van der Waals surface area contributed by atoms with Gasteiger partial charge in [0, 0.05) is 18.7 Å². The first-order valence-electron chi connectivity index (χ1n) is 5.46. The first-order chi connectivity index (χ1) is 8.73. The van der Waals surface area contributed by atoms with Crippen molar-refractivity contribution in [3.05, 3.63) is 12.2 Å². The Morgan fingerprint density at radius 3 is 2.21 bits per heavy atom. The highest BCUT2D eigenvalue weighted by atomic mass is 32.2. The van der Waals surface area contributed by atoms with Crippen LogP contribution in [0.15, 0.2) is 12.2 Å². The predicted molar refractivity (Wildman–Crippen MR) is 69.0 cm³/mol. The summed E-state index contributed by atoms with van der Waals surface area (Å²) in [5, 5.41) is -2.50. The predicted octanol–water partition coefficient (Wildman–Crippen LogP) is -0.206. The molecule has 0 spiro atoms. The van der Waals surface area contributed by atoms with Crippen LogP contribution in [0.2, 0.25) is 0 Å². The minimum absolute atomic E-state index is 0.106. The molecule has 1 atom stereocenters. The highest BCUT2D eigenvalue weighted by Crippen LogP contribution is 2.13. The first-order valence-corrected chi connectivity index (χ1v) is 7.41. The van der Waals surface area contributed by atoms with E-state index in [9.17, 15) is 22.8 Å². The van der Waals surface area contributed by atoms with Crippen LogP contribution in [0.4, 0.5) is 0 Å². The molecule has 7 nitrogen and oxygen atoms in total. The minimum Gasteiger partial charge on any atom is -0.286 e. The maximum atomic E-state index is 11.2. The van der Waals surface area contributed by atoms with Gasteiger partial charge >= 0.3 is 0 Å². The molecule has 106 valence electrons. The van der Waals surface area contributed by atoms with Crippen LogP contribution in [0.1, 0.15) is 19.3 Å². The van der Waals surface area contributed by atoms with E-state index in [0.29, 0.717) is 6.42 Å². The van der Waals surface area contributed by atoms with E-state index >= 15 is 0 Å². The molecule has 0 aromatic rings. The molecule has 9 heteroatoms. The van der Waals surface area contributed by atoms with E-state index in [1.54, 1.807) is 0 Å². The van der Waals surface area contributed by atoms with Crippen LogP contribution in [-0.4, -0.2) is 46.6 Å². The molecule has 0 aromatic carbocycles. The molecule has 0 saturated carbocycles. The number of amides is 2. The van der Waals surface area contributed by atoms with Crippen LogP contribution >= 0.6 is 12.6 Å². The second kappa shape index (κ2) is 6.31. The number of hydrogen-bond acceptors (Lipinski definition) is 5. The van der Waals surface area contributed by atoms with Gasteiger partial charge < -0.3 is 0 Å². The van der Waals surface area contributed by atoms with E-state index in [-0.39, 0.29) is 19.4 Å². The zero-order chi connectivity index (χ0) is 14.6. The zero-order valence-corrected chi connectivity index (χ0v) is 11.6. The maximum absolute atomic E-state index is 11.2. The van der Waals surface area contributed by atoms with Crippen molar-refractivity contribution in [2.45, 2.75) is 24.5 Å². The van der Waals surface area contributed by atoms with Crippen molar-refractivity contribution >= 4 is 39.7 Å². The summed E-state index contributed by atoms with van der Waals surface area (Å²) in [5.41, 5.74) is 0. The number of unbranched alkanes of at least 4 members (excludes halogenated alkanes) is 1. The standard InChI is InChI=1S/C10H13NO6S2/c12-8-4-5-9(13)11(8)6-2-1-3-7(10(14)18)19(15,16)17/h4-5,7H,1-3,6H2,(H,14,18)(H,15,16,17). The summed E-state index contributed by atoms with van der Waals surface area (Å²) in [6.07, 6.45) is 2.80. The normalized spacial score (nSPS) is 17.1. The lowest BCUT2D eigenvalue weighted by molar-refractivity contribution is -0.136. The minimum atomic E-state index is -4.47. The molecule has 1 aliphatic heterocycles. The average Bonchev–Trinajstić information content (AvgIpc) is 2.57. The SMILES string of the molecule is O=C(S)C(CCCCN1C(=O)C=CC1=O)S(=O)(=O)O. The van der Waals surface area contributed by atoms with Gasteiger partial charge in [0.15, 0.2) is 5.25 Å². The third-order valence-electron chi connectivity index (χ3n) is 2.63. The highest BCUT2D eigenvalue weighted by Gasteiger charge is 2.28. The van der Waals surface area contributed by atoms with Crippen molar-refractivity contribution in [2.24, 2.45) is 0 Å². The van der Waals surface area contributed by atoms with Crippen molar-refractivity contribution in [2.75, 3.05) is 6.54 Å². The smallest absolute Gasteiger partial charge is 0.275 e. The van der Waals surface area contributed by atoms with Crippen molar-refractivity contribution in [1.82, 2.24) is 4.90 Å². The molecule has 0 saturated heterocycles. The number of nitrogens with zero attached hydrogens (tertiary/aromatic N) is 1. The summed E-state index contributed by atoms with van der Waals surface area (Å²) in [6, 6.07) is 0. The van der Waals surface area contributed by atoms with Crippen molar-refractivity contribution in [3.8, 4) is 0 Å². The third-order valence-corrected chi connectivity index (χ3v) is 4.29. The molecule has 1 rings (SSSR count). The second-order valence-corrected chi connectivity index (χ2v) is 6.04. The van der Waals surface area contributed by atoms with Gasteiger partial charge in [0.05, 0.1) is 0 Å². The molecule has 1 aliphatic rings. The Hall–Kier alpha value is -1.19. The lowest BCUT2D eigenvalue weighted by atomic mass is 10.2. The fraction of sp³-hybridized carbons (Fsp3) is 0.500. The van der Waals surface area contributed by atoms with Crippen LogP contribution in [0.25, 0.3) is 0 Å². The molecular weight excluding hydrogens is 294 g/mol. The quantitative estimate of drug-likeness (QED) is 0.292. The lowest BCUT2D eigenvalue weighted by Crippen LogP contribution is -2.31. The number of rotatable bonds is 7. The van der Waals surface area contributed by atoms with E-state index in [4.69, 9.17) is 4.55 Å². The summed E-state index contributed by atoms with van der Waals surface area (Å²) in [5.74, 6) is -0.830. The van der Waals surface area contributed by atoms with E-state index < -0.39 is 32.3 Å². The Bertz CT molecular complexity index is 506. The Morgan fingerprint density at radius 1 is 1.26 bits per heavy atom. The lowest BCUT2D eigenvalue weighted by Gasteiger charge is -2.14. The maximum Gasteiger partial charge on any atom is 0.275 e. The van der Waals surface area contributed by atoms with Gasteiger partial charge in [-0.05, 0) is 19.3 Å². The monoisotopic (exact) mass is 307 g/mol. The van der Waals surface area contributed by atoms with E-state index in [0.717, 1.165) is 17.1 Å². The summed E-state index contributed by atoms with van der Waals surface area (Å²) in [7, 11) is -4.47. The Kier molecular flexibility index (Phi) is 5.27. The van der Waals surface area contributed by atoms with Gasteiger partial charge in [-0.2, -0.15) is 8.42 Å². The van der Waals surface area contributed by atoms with Crippen LogP contribution in [0.3, 0.4) is 0 Å². The van der Waals surface area contributed by atoms with Crippen molar-refractivity contribution in [3.63, 3.8) is 0 Å². The number of thiol groups is 1. The number of carbonyl (C=O) groups is 3. The van der Waals surface area contributed by atoms with Crippen molar-refractivity contribution in [1.29, 1.82) is 0 Å². The van der Waals surface area contributed by atoms with Gasteiger partial charge in [-0.15, -0.1) is 12.6 Å². The summed E-state index contributed by atoms with van der Waals surface area (Å²) in [4.78, 5) is 34.4. The van der Waals surface area contributed by atoms with Crippen LogP contribution in [-0.2, 0) is 24.5 Å². The largest absolute Gasteiger partial charge is 0.286 e. The molecule has 2 amide bonds. The number of hydrogen-bond donors (Lipinski definition) is 2. The number of carbonyl (C=O) groups excluding carboxylic acids is 3. The van der Waals surface area contributed by atoms with E-state index in [1.807, 2.05) is 0 Å². The van der Waals surface area contributed by atoms with Crippen LogP contribution in [0.5, 0.6) is 0 Å². The summed E-state index contributed by atoms with van der Waals surface area (Å²) in [6.45, 7) is 0.142. The second-order valence-electron chi connectivity index (χ2n) is 4.00. The molecular formula is C10H13NO6S2. The van der Waals surface area contributed by atoms with E-state index in [1.165, 1.54) is 0 Å². The molecule has 1 N–H and O–H groups in total. The Labute approximate surface area is 115 Å². The van der Waals surface area contributed by atoms with Crippen LogP contribution in [0, 0.1) is 0 Å². The average molecular weight is 307 g/mol. The molecule has 0 radical (unpaired) electrons.